The summed E-state index contributed by atoms with van der Waals surface area (Å²) in [6.45, 7) is 5.58. The van der Waals surface area contributed by atoms with E-state index in [1.54, 1.807) is 19.2 Å². The molecule has 100 valence electrons. The Morgan fingerprint density at radius 3 is 2.67 bits per heavy atom. The summed E-state index contributed by atoms with van der Waals surface area (Å²) in [7, 11) is 1.67. The Morgan fingerprint density at radius 1 is 1.56 bits per heavy atom. The zero-order chi connectivity index (χ0) is 13.7. The Hall–Kier alpha value is -0.890. The fraction of sp³-hybridized carbons (Fsp3) is 0.500. The molecule has 0 spiro atoms. The van der Waals surface area contributed by atoms with Crippen LogP contribution in [0.3, 0.4) is 0 Å². The minimum Gasteiger partial charge on any atom is -0.383 e. The molecule has 0 radical (unpaired) electrons. The number of nitrogens with zero attached hydrogens (tertiary/aromatic N) is 2. The van der Waals surface area contributed by atoms with Gasteiger partial charge in [-0.1, -0.05) is 0 Å². The molecular formula is C12H17IN2O3. The zero-order valence-corrected chi connectivity index (χ0v) is 12.9. The second-order valence-corrected chi connectivity index (χ2v) is 5.15. The predicted molar refractivity (Wildman–Crippen MR) is 80.2 cm³/mol. The highest BCUT2D eigenvalue weighted by atomic mass is 127. The third-order valence-corrected chi connectivity index (χ3v) is 3.60. The van der Waals surface area contributed by atoms with Crippen molar-refractivity contribution in [2.45, 2.75) is 19.9 Å². The topological polar surface area (TPSA) is 55.6 Å². The van der Waals surface area contributed by atoms with Crippen molar-refractivity contribution >= 4 is 34.0 Å². The molecule has 1 atom stereocenters. The summed E-state index contributed by atoms with van der Waals surface area (Å²) in [4.78, 5) is 12.6. The molecule has 0 aliphatic rings. The van der Waals surface area contributed by atoms with Crippen LogP contribution in [0.1, 0.15) is 13.8 Å². The van der Waals surface area contributed by atoms with Crippen molar-refractivity contribution in [1.29, 1.82) is 0 Å². The average Bonchev–Trinajstić information content (AvgIpc) is 2.29. The molecule has 1 rings (SSSR count). The third kappa shape index (κ3) is 3.55. The van der Waals surface area contributed by atoms with E-state index in [4.69, 9.17) is 4.74 Å². The van der Waals surface area contributed by atoms with Crippen LogP contribution in [0.5, 0.6) is 0 Å². The number of nitro benzene ring substituents is 1. The van der Waals surface area contributed by atoms with Crippen molar-refractivity contribution in [2.24, 2.45) is 0 Å². The first kappa shape index (κ1) is 15.2. The molecular weight excluding hydrogens is 347 g/mol. The zero-order valence-electron chi connectivity index (χ0n) is 10.7. The number of rotatable bonds is 6. The Balaban J connectivity index is 3.01. The van der Waals surface area contributed by atoms with Crippen LogP contribution in [-0.2, 0) is 4.74 Å². The van der Waals surface area contributed by atoms with E-state index in [1.807, 2.05) is 28.7 Å². The maximum absolute atomic E-state index is 10.8. The van der Waals surface area contributed by atoms with Crippen molar-refractivity contribution in [2.75, 3.05) is 25.2 Å². The minimum atomic E-state index is -0.361. The van der Waals surface area contributed by atoms with E-state index < -0.39 is 0 Å². The first-order chi connectivity index (χ1) is 8.51. The van der Waals surface area contributed by atoms with Crippen molar-refractivity contribution in [1.82, 2.24) is 0 Å². The van der Waals surface area contributed by atoms with Gasteiger partial charge in [0.15, 0.2) is 0 Å². The Kier molecular flexibility index (Phi) is 5.80. The van der Waals surface area contributed by atoms with E-state index >= 15 is 0 Å². The second-order valence-electron chi connectivity index (χ2n) is 3.98. The molecule has 1 aromatic carbocycles. The number of hydrogen-bond donors (Lipinski definition) is 0. The fourth-order valence-corrected chi connectivity index (χ4v) is 2.60. The molecule has 18 heavy (non-hydrogen) atoms. The van der Waals surface area contributed by atoms with Gasteiger partial charge in [0.1, 0.15) is 0 Å². The first-order valence-corrected chi connectivity index (χ1v) is 6.78. The molecule has 0 saturated heterocycles. The maximum atomic E-state index is 10.8. The Labute approximate surface area is 120 Å². The lowest BCUT2D eigenvalue weighted by molar-refractivity contribution is -0.385. The van der Waals surface area contributed by atoms with E-state index in [0.717, 1.165) is 12.2 Å². The smallest absolute Gasteiger partial charge is 0.282 e. The van der Waals surface area contributed by atoms with Crippen LogP contribution in [0.15, 0.2) is 18.2 Å². The van der Waals surface area contributed by atoms with Crippen LogP contribution < -0.4 is 4.90 Å². The van der Waals surface area contributed by atoms with Gasteiger partial charge in [-0.15, -0.1) is 0 Å². The Bertz CT molecular complexity index is 426. The lowest BCUT2D eigenvalue weighted by atomic mass is 10.2. The summed E-state index contributed by atoms with van der Waals surface area (Å²) in [5.74, 6) is 0. The maximum Gasteiger partial charge on any atom is 0.282 e. The minimum absolute atomic E-state index is 0.148. The molecule has 1 unspecified atom stereocenters. The summed E-state index contributed by atoms with van der Waals surface area (Å²) in [5, 5.41) is 10.8. The normalized spacial score (nSPS) is 12.2. The number of anilines is 1. The molecule has 0 heterocycles. The van der Waals surface area contributed by atoms with Gasteiger partial charge in [0.2, 0.25) is 0 Å². The van der Waals surface area contributed by atoms with Crippen molar-refractivity contribution in [3.8, 4) is 0 Å². The van der Waals surface area contributed by atoms with E-state index in [2.05, 4.69) is 18.7 Å². The Morgan fingerprint density at radius 2 is 2.22 bits per heavy atom. The van der Waals surface area contributed by atoms with Crippen LogP contribution >= 0.6 is 22.6 Å². The number of ether oxygens (including phenoxy) is 1. The van der Waals surface area contributed by atoms with Crippen molar-refractivity contribution in [3.63, 3.8) is 0 Å². The summed E-state index contributed by atoms with van der Waals surface area (Å²) < 4.78 is 5.80. The highest BCUT2D eigenvalue weighted by Crippen LogP contribution is 2.27. The molecule has 0 N–H and O–H groups in total. The first-order valence-electron chi connectivity index (χ1n) is 5.70. The van der Waals surface area contributed by atoms with Gasteiger partial charge in [0.05, 0.1) is 15.1 Å². The number of benzene rings is 1. The fourth-order valence-electron chi connectivity index (χ4n) is 1.90. The van der Waals surface area contributed by atoms with Gasteiger partial charge in [-0.2, -0.15) is 0 Å². The van der Waals surface area contributed by atoms with Crippen LogP contribution in [-0.4, -0.2) is 31.2 Å². The quantitative estimate of drug-likeness (QED) is 0.442. The van der Waals surface area contributed by atoms with Gasteiger partial charge in [-0.25, -0.2) is 0 Å². The SMILES string of the molecule is CCN(c1ccc([N+](=O)[O-])c(I)c1)C(C)COC. The molecule has 5 nitrogen and oxygen atoms in total. The molecule has 0 fully saturated rings. The van der Waals surface area contributed by atoms with Gasteiger partial charge < -0.3 is 9.64 Å². The van der Waals surface area contributed by atoms with E-state index in [-0.39, 0.29) is 16.7 Å². The number of hydrogen-bond acceptors (Lipinski definition) is 4. The van der Waals surface area contributed by atoms with Crippen molar-refractivity contribution < 1.29 is 9.66 Å². The predicted octanol–water partition coefficient (Wildman–Crippen LogP) is 3.06. The number of halogens is 1. The van der Waals surface area contributed by atoms with E-state index in [1.165, 1.54) is 0 Å². The van der Waals surface area contributed by atoms with Gasteiger partial charge in [-0.3, -0.25) is 10.1 Å². The monoisotopic (exact) mass is 364 g/mol. The third-order valence-electron chi connectivity index (χ3n) is 2.74. The number of nitro groups is 1. The summed E-state index contributed by atoms with van der Waals surface area (Å²) in [5.41, 5.74) is 1.13. The molecule has 0 aliphatic carbocycles. The van der Waals surface area contributed by atoms with Gasteiger partial charge in [-0.05, 0) is 48.6 Å². The van der Waals surface area contributed by atoms with E-state index in [9.17, 15) is 10.1 Å². The summed E-state index contributed by atoms with van der Waals surface area (Å²) in [6.07, 6.45) is 0. The highest BCUT2D eigenvalue weighted by molar-refractivity contribution is 14.1. The molecule has 0 amide bonds. The molecule has 0 saturated carbocycles. The van der Waals surface area contributed by atoms with Crippen LogP contribution in [0.2, 0.25) is 0 Å². The van der Waals surface area contributed by atoms with Gasteiger partial charge in [0, 0.05) is 31.5 Å². The summed E-state index contributed by atoms with van der Waals surface area (Å²) in [6, 6.07) is 5.42. The van der Waals surface area contributed by atoms with Gasteiger partial charge in [0.25, 0.3) is 5.69 Å². The van der Waals surface area contributed by atoms with Crippen molar-refractivity contribution in [3.05, 3.63) is 31.9 Å². The van der Waals surface area contributed by atoms with Gasteiger partial charge >= 0.3 is 0 Å². The summed E-state index contributed by atoms with van der Waals surface area (Å²) >= 11 is 2.00. The van der Waals surface area contributed by atoms with E-state index in [0.29, 0.717) is 10.2 Å². The number of likely N-dealkylation sites (N-methyl/N-ethyl adjacent to an activating group) is 1. The molecule has 6 heteroatoms. The van der Waals surface area contributed by atoms with Crippen LogP contribution in [0.25, 0.3) is 0 Å². The highest BCUT2D eigenvalue weighted by Gasteiger charge is 2.17. The lowest BCUT2D eigenvalue weighted by Crippen LogP contribution is -2.36. The number of methoxy groups -OCH3 is 1. The molecule has 0 bridgehead atoms. The largest absolute Gasteiger partial charge is 0.383 e. The molecule has 0 aromatic heterocycles. The average molecular weight is 364 g/mol. The second kappa shape index (κ2) is 6.89. The lowest BCUT2D eigenvalue weighted by Gasteiger charge is -2.29. The standard InChI is InChI=1S/C12H17IN2O3/c1-4-14(9(2)8-18-3)10-5-6-12(15(16)17)11(13)7-10/h5-7,9H,4,8H2,1-3H3. The van der Waals surface area contributed by atoms with Crippen LogP contribution in [0.4, 0.5) is 11.4 Å². The molecule has 0 aliphatic heterocycles. The van der Waals surface area contributed by atoms with Crippen LogP contribution in [0, 0.1) is 13.7 Å². The molecule has 1 aromatic rings.